The predicted molar refractivity (Wildman–Crippen MR) is 101 cm³/mol. The second kappa shape index (κ2) is 8.02. The van der Waals surface area contributed by atoms with Crippen LogP contribution in [0.1, 0.15) is 11.1 Å². The van der Waals surface area contributed by atoms with E-state index in [2.05, 4.69) is 17.2 Å². The summed E-state index contributed by atoms with van der Waals surface area (Å²) in [6, 6.07) is 25.4. The summed E-state index contributed by atoms with van der Waals surface area (Å²) in [7, 11) is 1.53. The Morgan fingerprint density at radius 1 is 0.960 bits per heavy atom. The molecule has 3 aromatic rings. The molecule has 0 aromatic heterocycles. The molecule has 0 aliphatic carbocycles. The molecule has 0 saturated carbocycles. The van der Waals surface area contributed by atoms with Crippen LogP contribution in [0.4, 0.5) is 5.69 Å². The zero-order chi connectivity index (χ0) is 17.5. The average molecular weight is 332 g/mol. The van der Waals surface area contributed by atoms with Gasteiger partial charge in [-0.25, -0.2) is 0 Å². The lowest BCUT2D eigenvalue weighted by atomic mass is 10.2. The molecule has 0 bridgehead atoms. The minimum absolute atomic E-state index is 0.0979. The van der Waals surface area contributed by atoms with Crippen molar-refractivity contribution in [1.82, 2.24) is 0 Å². The lowest BCUT2D eigenvalue weighted by Gasteiger charge is -2.19. The Morgan fingerprint density at radius 2 is 1.64 bits per heavy atom. The Hall–Kier alpha value is -3.27. The highest BCUT2D eigenvalue weighted by atomic mass is 16.5. The van der Waals surface area contributed by atoms with E-state index in [-0.39, 0.29) is 5.75 Å². The van der Waals surface area contributed by atoms with Gasteiger partial charge in [0.05, 0.1) is 25.6 Å². The van der Waals surface area contributed by atoms with Crippen molar-refractivity contribution in [2.45, 2.75) is 6.54 Å². The molecule has 0 fully saturated rings. The molecular weight excluding hydrogens is 312 g/mol. The van der Waals surface area contributed by atoms with Gasteiger partial charge in [-0.3, -0.25) is 5.01 Å². The standard InChI is InChI=1S/C21H20N2O2/c1-25-21-13-12-18(14-20(21)24)15-22-23(19-10-6-3-7-11-19)16-17-8-4-2-5-9-17/h2-15,24H,16H2,1H3/b22-15-. The quantitative estimate of drug-likeness (QED) is 0.536. The first-order chi connectivity index (χ1) is 12.3. The molecular formula is C21H20N2O2. The third kappa shape index (κ3) is 4.38. The number of methoxy groups -OCH3 is 1. The third-order valence-corrected chi connectivity index (χ3v) is 3.78. The Balaban J connectivity index is 1.85. The van der Waals surface area contributed by atoms with Gasteiger partial charge < -0.3 is 9.84 Å². The Kier molecular flexibility index (Phi) is 5.32. The van der Waals surface area contributed by atoms with E-state index in [1.54, 1.807) is 18.3 Å². The van der Waals surface area contributed by atoms with Gasteiger partial charge in [-0.1, -0.05) is 48.5 Å². The summed E-state index contributed by atoms with van der Waals surface area (Å²) >= 11 is 0. The van der Waals surface area contributed by atoms with E-state index in [4.69, 9.17) is 4.74 Å². The van der Waals surface area contributed by atoms with Gasteiger partial charge in [0.1, 0.15) is 0 Å². The van der Waals surface area contributed by atoms with Crippen LogP contribution >= 0.6 is 0 Å². The van der Waals surface area contributed by atoms with Crippen molar-refractivity contribution in [2.24, 2.45) is 5.10 Å². The van der Waals surface area contributed by atoms with Gasteiger partial charge in [0.15, 0.2) is 11.5 Å². The molecule has 4 nitrogen and oxygen atoms in total. The van der Waals surface area contributed by atoms with Crippen molar-refractivity contribution >= 4 is 11.9 Å². The number of benzene rings is 3. The van der Waals surface area contributed by atoms with Gasteiger partial charge in [-0.15, -0.1) is 0 Å². The number of nitrogens with zero attached hydrogens (tertiary/aromatic N) is 2. The number of rotatable bonds is 6. The Morgan fingerprint density at radius 3 is 2.28 bits per heavy atom. The van der Waals surface area contributed by atoms with Gasteiger partial charge in [-0.2, -0.15) is 5.10 Å². The van der Waals surface area contributed by atoms with E-state index in [1.807, 2.05) is 59.6 Å². The average Bonchev–Trinajstić information content (AvgIpc) is 2.67. The maximum atomic E-state index is 9.91. The minimum atomic E-state index is 0.0979. The minimum Gasteiger partial charge on any atom is -0.504 e. The van der Waals surface area contributed by atoms with Crippen LogP contribution in [0.15, 0.2) is 84.0 Å². The summed E-state index contributed by atoms with van der Waals surface area (Å²) in [6.07, 6.45) is 1.73. The van der Waals surface area contributed by atoms with E-state index < -0.39 is 0 Å². The van der Waals surface area contributed by atoms with Gasteiger partial charge in [0, 0.05) is 0 Å². The predicted octanol–water partition coefficient (Wildman–Crippen LogP) is 4.44. The van der Waals surface area contributed by atoms with Crippen molar-refractivity contribution in [1.29, 1.82) is 0 Å². The lowest BCUT2D eigenvalue weighted by molar-refractivity contribution is 0.373. The van der Waals surface area contributed by atoms with Crippen molar-refractivity contribution in [2.75, 3.05) is 12.1 Å². The molecule has 0 amide bonds. The molecule has 3 rings (SSSR count). The van der Waals surface area contributed by atoms with E-state index >= 15 is 0 Å². The van der Waals surface area contributed by atoms with E-state index in [1.165, 1.54) is 12.7 Å². The number of ether oxygens (including phenoxy) is 1. The summed E-state index contributed by atoms with van der Waals surface area (Å²) < 4.78 is 5.07. The fraction of sp³-hybridized carbons (Fsp3) is 0.0952. The van der Waals surface area contributed by atoms with E-state index in [9.17, 15) is 5.11 Å². The van der Waals surface area contributed by atoms with Crippen LogP contribution in [0.3, 0.4) is 0 Å². The van der Waals surface area contributed by atoms with Crippen molar-refractivity contribution in [3.63, 3.8) is 0 Å². The maximum Gasteiger partial charge on any atom is 0.160 e. The molecule has 3 aromatic carbocycles. The van der Waals surface area contributed by atoms with Crippen LogP contribution in [0.2, 0.25) is 0 Å². The molecule has 0 radical (unpaired) electrons. The summed E-state index contributed by atoms with van der Waals surface area (Å²) in [5.41, 5.74) is 2.97. The molecule has 25 heavy (non-hydrogen) atoms. The molecule has 126 valence electrons. The summed E-state index contributed by atoms with van der Waals surface area (Å²) in [4.78, 5) is 0. The molecule has 0 aliphatic heterocycles. The lowest BCUT2D eigenvalue weighted by Crippen LogP contribution is -2.15. The van der Waals surface area contributed by atoms with E-state index in [0.29, 0.717) is 12.3 Å². The largest absolute Gasteiger partial charge is 0.504 e. The number of phenols is 1. The number of hydrogen-bond acceptors (Lipinski definition) is 4. The Bertz CT molecular complexity index is 833. The molecule has 0 unspecified atom stereocenters. The molecule has 0 spiro atoms. The second-order valence-corrected chi connectivity index (χ2v) is 5.55. The van der Waals surface area contributed by atoms with Crippen LogP contribution < -0.4 is 9.75 Å². The zero-order valence-electron chi connectivity index (χ0n) is 14.0. The number of hydrazone groups is 1. The Labute approximate surface area is 147 Å². The number of hydrogen-bond donors (Lipinski definition) is 1. The first-order valence-corrected chi connectivity index (χ1v) is 8.04. The SMILES string of the molecule is COc1ccc(/C=N\N(Cc2ccccc2)c2ccccc2)cc1O. The molecule has 0 atom stereocenters. The van der Waals surface area contributed by atoms with Crippen LogP contribution in [0.5, 0.6) is 11.5 Å². The zero-order valence-corrected chi connectivity index (χ0v) is 14.0. The number of anilines is 1. The molecule has 4 heteroatoms. The van der Waals surface area contributed by atoms with Crippen molar-refractivity contribution in [3.05, 3.63) is 90.0 Å². The van der Waals surface area contributed by atoms with E-state index in [0.717, 1.165) is 11.3 Å². The van der Waals surface area contributed by atoms with Crippen LogP contribution in [-0.2, 0) is 6.54 Å². The fourth-order valence-corrected chi connectivity index (χ4v) is 2.48. The highest BCUT2D eigenvalue weighted by molar-refractivity contribution is 5.81. The molecule has 0 heterocycles. The summed E-state index contributed by atoms with van der Waals surface area (Å²) in [5, 5.41) is 16.4. The first kappa shape index (κ1) is 16.6. The normalized spacial score (nSPS) is 10.8. The second-order valence-electron chi connectivity index (χ2n) is 5.55. The fourth-order valence-electron chi connectivity index (χ4n) is 2.48. The van der Waals surface area contributed by atoms with Crippen LogP contribution in [-0.4, -0.2) is 18.4 Å². The van der Waals surface area contributed by atoms with Crippen LogP contribution in [0.25, 0.3) is 0 Å². The maximum absolute atomic E-state index is 9.91. The van der Waals surface area contributed by atoms with Gasteiger partial charge in [0.25, 0.3) is 0 Å². The van der Waals surface area contributed by atoms with Crippen molar-refractivity contribution in [3.8, 4) is 11.5 Å². The van der Waals surface area contributed by atoms with Gasteiger partial charge in [0.2, 0.25) is 0 Å². The first-order valence-electron chi connectivity index (χ1n) is 8.04. The highest BCUT2D eigenvalue weighted by Crippen LogP contribution is 2.25. The smallest absolute Gasteiger partial charge is 0.160 e. The van der Waals surface area contributed by atoms with Crippen LogP contribution in [0, 0.1) is 0 Å². The molecule has 0 saturated heterocycles. The van der Waals surface area contributed by atoms with Crippen molar-refractivity contribution < 1.29 is 9.84 Å². The number of para-hydroxylation sites is 1. The molecule has 0 aliphatic rings. The molecule has 1 N–H and O–H groups in total. The number of phenolic OH excluding ortho intramolecular Hbond substituents is 1. The third-order valence-electron chi connectivity index (χ3n) is 3.78. The summed E-state index contributed by atoms with van der Waals surface area (Å²) in [5.74, 6) is 0.544. The van der Waals surface area contributed by atoms with Gasteiger partial charge >= 0.3 is 0 Å². The van der Waals surface area contributed by atoms with Gasteiger partial charge in [-0.05, 0) is 41.5 Å². The highest BCUT2D eigenvalue weighted by Gasteiger charge is 2.06. The topological polar surface area (TPSA) is 45.1 Å². The number of aromatic hydroxyl groups is 1. The monoisotopic (exact) mass is 332 g/mol. The summed E-state index contributed by atoms with van der Waals surface area (Å²) in [6.45, 7) is 0.656.